The summed E-state index contributed by atoms with van der Waals surface area (Å²) in [5.74, 6) is 0. The van der Waals surface area contributed by atoms with Crippen LogP contribution in [0.5, 0.6) is 0 Å². The minimum absolute atomic E-state index is 1.03. The van der Waals surface area contributed by atoms with E-state index in [1.165, 1.54) is 42.6 Å². The summed E-state index contributed by atoms with van der Waals surface area (Å²) >= 11 is 0. The number of benzene rings is 2. The molecule has 18 heavy (non-hydrogen) atoms. The minimum atomic E-state index is 1.03. The van der Waals surface area contributed by atoms with E-state index in [1.807, 2.05) is 0 Å². The molecule has 92 valence electrons. The first-order chi connectivity index (χ1) is 8.93. The second-order valence-corrected chi connectivity index (χ2v) is 4.99. The van der Waals surface area contributed by atoms with Crippen molar-refractivity contribution in [2.24, 2.45) is 0 Å². The molecule has 0 fully saturated rings. The smallest absolute Gasteiger partial charge is 0.0429 e. The summed E-state index contributed by atoms with van der Waals surface area (Å²) in [5.41, 5.74) is 4.33. The molecule has 0 aliphatic carbocycles. The summed E-state index contributed by atoms with van der Waals surface area (Å²) in [6.45, 7) is 2.20. The van der Waals surface area contributed by atoms with Crippen LogP contribution in [-0.4, -0.2) is 6.54 Å². The topological polar surface area (TPSA) is 3.24 Å². The molecule has 1 nitrogen and oxygen atoms in total. The number of aryl methyl sites for hydroxylation is 1. The van der Waals surface area contributed by atoms with Gasteiger partial charge in [0, 0.05) is 18.8 Å². The Morgan fingerprint density at radius 1 is 0.833 bits per heavy atom. The number of fused-ring (bicyclic) bond motifs is 1. The molecule has 0 aromatic heterocycles. The highest BCUT2D eigenvalue weighted by Crippen LogP contribution is 2.27. The monoisotopic (exact) mass is 237 g/mol. The van der Waals surface area contributed by atoms with Crippen molar-refractivity contribution in [2.45, 2.75) is 25.8 Å². The third kappa shape index (κ3) is 2.40. The van der Waals surface area contributed by atoms with Gasteiger partial charge in [-0.15, -0.1) is 0 Å². The van der Waals surface area contributed by atoms with Gasteiger partial charge in [0.25, 0.3) is 0 Å². The van der Waals surface area contributed by atoms with Crippen molar-refractivity contribution in [1.29, 1.82) is 0 Å². The molecule has 0 N–H and O–H groups in total. The fraction of sp³-hybridized carbons (Fsp3) is 0.294. The van der Waals surface area contributed by atoms with Crippen LogP contribution >= 0.6 is 0 Å². The molecule has 0 spiro atoms. The molecule has 2 aromatic carbocycles. The Morgan fingerprint density at radius 3 is 2.50 bits per heavy atom. The molecule has 3 rings (SSSR count). The molecule has 0 saturated heterocycles. The molecule has 2 aromatic rings. The highest BCUT2D eigenvalue weighted by Gasteiger charge is 2.14. The zero-order chi connectivity index (χ0) is 12.2. The van der Waals surface area contributed by atoms with Crippen LogP contribution in [0.3, 0.4) is 0 Å². The van der Waals surface area contributed by atoms with Crippen LogP contribution in [0.2, 0.25) is 0 Å². The Morgan fingerprint density at radius 2 is 1.61 bits per heavy atom. The van der Waals surface area contributed by atoms with Crippen molar-refractivity contribution in [3.8, 4) is 0 Å². The third-order valence-electron chi connectivity index (χ3n) is 3.67. The lowest BCUT2D eigenvalue weighted by atomic mass is 10.1. The average Bonchev–Trinajstić information content (AvgIpc) is 2.63. The zero-order valence-corrected chi connectivity index (χ0v) is 10.7. The quantitative estimate of drug-likeness (QED) is 0.762. The maximum absolute atomic E-state index is 2.53. The molecule has 0 amide bonds. The van der Waals surface area contributed by atoms with E-state index in [1.54, 1.807) is 0 Å². The highest BCUT2D eigenvalue weighted by atomic mass is 15.1. The van der Waals surface area contributed by atoms with Crippen molar-refractivity contribution in [1.82, 2.24) is 0 Å². The standard InChI is InChI=1S/C17H19N/c1-2-8-15(9-3-1)14-18-13-7-6-11-16-10-4-5-12-17(16)18/h1-5,8-10,12H,6-7,11,13-14H2. The summed E-state index contributed by atoms with van der Waals surface area (Å²) < 4.78 is 0. The second kappa shape index (κ2) is 5.26. The predicted octanol–water partition coefficient (Wildman–Crippen LogP) is 4.03. The Bertz CT molecular complexity index is 504. The number of anilines is 1. The van der Waals surface area contributed by atoms with Gasteiger partial charge in [-0.1, -0.05) is 48.5 Å². The Kier molecular flexibility index (Phi) is 3.31. The molecular weight excluding hydrogens is 218 g/mol. The first-order valence-corrected chi connectivity index (χ1v) is 6.80. The molecule has 0 radical (unpaired) electrons. The van der Waals surface area contributed by atoms with Crippen molar-refractivity contribution >= 4 is 5.69 Å². The zero-order valence-electron chi connectivity index (χ0n) is 10.7. The summed E-state index contributed by atoms with van der Waals surface area (Å²) in [6, 6.07) is 19.6. The van der Waals surface area contributed by atoms with Gasteiger partial charge in [0.1, 0.15) is 0 Å². The molecule has 1 heterocycles. The van der Waals surface area contributed by atoms with Crippen molar-refractivity contribution in [2.75, 3.05) is 11.4 Å². The Labute approximate surface area is 109 Å². The van der Waals surface area contributed by atoms with Crippen LogP contribution in [0.4, 0.5) is 5.69 Å². The molecule has 1 aliphatic rings. The summed E-state index contributed by atoms with van der Waals surface area (Å²) in [6.07, 6.45) is 3.82. The van der Waals surface area contributed by atoms with E-state index >= 15 is 0 Å². The fourth-order valence-electron chi connectivity index (χ4n) is 2.74. The van der Waals surface area contributed by atoms with E-state index in [2.05, 4.69) is 59.5 Å². The molecule has 0 atom stereocenters. The van der Waals surface area contributed by atoms with Crippen LogP contribution in [0.15, 0.2) is 54.6 Å². The summed E-state index contributed by atoms with van der Waals surface area (Å²) in [7, 11) is 0. The van der Waals surface area contributed by atoms with Crippen LogP contribution in [0.1, 0.15) is 24.0 Å². The molecule has 1 aliphatic heterocycles. The van der Waals surface area contributed by atoms with Crippen LogP contribution in [-0.2, 0) is 13.0 Å². The van der Waals surface area contributed by atoms with E-state index in [0.29, 0.717) is 0 Å². The molecule has 0 saturated carbocycles. The first-order valence-electron chi connectivity index (χ1n) is 6.80. The van der Waals surface area contributed by atoms with Crippen molar-refractivity contribution in [3.05, 3.63) is 65.7 Å². The maximum atomic E-state index is 2.53. The van der Waals surface area contributed by atoms with E-state index in [0.717, 1.165) is 6.54 Å². The van der Waals surface area contributed by atoms with Crippen LogP contribution < -0.4 is 4.90 Å². The van der Waals surface area contributed by atoms with Gasteiger partial charge in [-0.2, -0.15) is 0 Å². The summed E-state index contributed by atoms with van der Waals surface area (Å²) in [4.78, 5) is 2.53. The van der Waals surface area contributed by atoms with Crippen molar-refractivity contribution < 1.29 is 0 Å². The van der Waals surface area contributed by atoms with Gasteiger partial charge < -0.3 is 4.90 Å². The number of rotatable bonds is 2. The van der Waals surface area contributed by atoms with E-state index in [4.69, 9.17) is 0 Å². The number of hydrogen-bond acceptors (Lipinski definition) is 1. The van der Waals surface area contributed by atoms with Crippen molar-refractivity contribution in [3.63, 3.8) is 0 Å². The number of para-hydroxylation sites is 1. The molecule has 1 heteroatoms. The number of hydrogen-bond donors (Lipinski definition) is 0. The summed E-state index contributed by atoms with van der Waals surface area (Å²) in [5, 5.41) is 0. The van der Waals surface area contributed by atoms with E-state index in [-0.39, 0.29) is 0 Å². The molecule has 0 unspecified atom stereocenters. The SMILES string of the molecule is c1ccc(CN2CCCCc3ccccc32)cc1. The largest absolute Gasteiger partial charge is 0.367 e. The normalized spacial score (nSPS) is 15.0. The lowest BCUT2D eigenvalue weighted by Gasteiger charge is -2.25. The Hall–Kier alpha value is -1.76. The Balaban J connectivity index is 1.88. The lowest BCUT2D eigenvalue weighted by Crippen LogP contribution is -2.23. The highest BCUT2D eigenvalue weighted by molar-refractivity contribution is 5.54. The third-order valence-corrected chi connectivity index (χ3v) is 3.67. The minimum Gasteiger partial charge on any atom is -0.367 e. The van der Waals surface area contributed by atoms with Gasteiger partial charge in [0.05, 0.1) is 0 Å². The lowest BCUT2D eigenvalue weighted by molar-refractivity contribution is 0.714. The second-order valence-electron chi connectivity index (χ2n) is 4.99. The van der Waals surface area contributed by atoms with Gasteiger partial charge in [0.15, 0.2) is 0 Å². The van der Waals surface area contributed by atoms with E-state index in [9.17, 15) is 0 Å². The van der Waals surface area contributed by atoms with Gasteiger partial charge in [-0.05, 0) is 36.5 Å². The predicted molar refractivity (Wildman–Crippen MR) is 76.9 cm³/mol. The first kappa shape index (κ1) is 11.3. The van der Waals surface area contributed by atoms with Gasteiger partial charge in [-0.3, -0.25) is 0 Å². The van der Waals surface area contributed by atoms with E-state index < -0.39 is 0 Å². The van der Waals surface area contributed by atoms with Gasteiger partial charge in [-0.25, -0.2) is 0 Å². The fourth-order valence-corrected chi connectivity index (χ4v) is 2.74. The van der Waals surface area contributed by atoms with Crippen LogP contribution in [0.25, 0.3) is 0 Å². The van der Waals surface area contributed by atoms with Gasteiger partial charge >= 0.3 is 0 Å². The maximum Gasteiger partial charge on any atom is 0.0429 e. The number of nitrogens with zero attached hydrogens (tertiary/aromatic N) is 1. The molecule has 0 bridgehead atoms. The van der Waals surface area contributed by atoms with Gasteiger partial charge in [0.2, 0.25) is 0 Å². The molecular formula is C17H19N. The van der Waals surface area contributed by atoms with Crippen LogP contribution in [0, 0.1) is 0 Å². The average molecular weight is 237 g/mol.